The molecule has 1 saturated heterocycles. The second-order valence-corrected chi connectivity index (χ2v) is 12.0. The predicted octanol–water partition coefficient (Wildman–Crippen LogP) is 0.685. The van der Waals surface area contributed by atoms with Gasteiger partial charge in [-0.1, -0.05) is 0 Å². The third-order valence-corrected chi connectivity index (χ3v) is 8.52. The smallest absolute Gasteiger partial charge is 0.340 e. The molecule has 0 spiro atoms. The van der Waals surface area contributed by atoms with Crippen LogP contribution in [0.4, 0.5) is 0 Å². The van der Waals surface area contributed by atoms with Gasteiger partial charge in [-0.05, 0) is 36.4 Å². The lowest BCUT2D eigenvalue weighted by atomic mass is 9.91. The molecule has 0 bridgehead atoms. The average Bonchev–Trinajstić information content (AvgIpc) is 3.14. The highest BCUT2D eigenvalue weighted by molar-refractivity contribution is 6.08. The summed E-state index contributed by atoms with van der Waals surface area (Å²) < 4.78 is 26.9. The number of aliphatic hydroxyl groups is 1. The Balaban J connectivity index is 1.46. The largest absolute Gasteiger partial charge is 0.504 e. The summed E-state index contributed by atoms with van der Waals surface area (Å²) in [7, 11) is 0. The van der Waals surface area contributed by atoms with Gasteiger partial charge in [-0.2, -0.15) is 0 Å². The molecular weight excluding hydrogens is 760 g/mol. The Hall–Kier alpha value is -7.72. The van der Waals surface area contributed by atoms with E-state index < -0.39 is 164 Å². The topological polar surface area (TPSA) is 377 Å². The molecule has 0 amide bonds. The van der Waals surface area contributed by atoms with Crippen LogP contribution >= 0.6 is 0 Å². The molecule has 0 aromatic heterocycles. The van der Waals surface area contributed by atoms with E-state index in [9.17, 15) is 85.6 Å². The number of aromatic hydroxyl groups is 12. The monoisotopic (exact) mass is 786 g/mol. The summed E-state index contributed by atoms with van der Waals surface area (Å²) in [5.41, 5.74) is -5.14. The molecule has 56 heavy (non-hydrogen) atoms. The van der Waals surface area contributed by atoms with E-state index in [0.717, 1.165) is 0 Å². The van der Waals surface area contributed by atoms with E-state index in [0.29, 0.717) is 36.4 Å². The molecule has 5 atom stereocenters. The number of hydrogen-bond donors (Lipinski definition) is 13. The van der Waals surface area contributed by atoms with Crippen LogP contribution in [0.25, 0.3) is 11.1 Å². The molecule has 0 aliphatic carbocycles. The molecule has 22 heteroatoms. The highest BCUT2D eigenvalue weighted by Gasteiger charge is 2.53. The van der Waals surface area contributed by atoms with E-state index in [2.05, 4.69) is 0 Å². The van der Waals surface area contributed by atoms with Crippen LogP contribution in [0.3, 0.4) is 0 Å². The SMILES string of the molecule is O=C(OC[C@@H]1O[C@@H](OC(=O)c2cc(O)c(O)c(O)c2)[C@@H]2OC(=O)c3cc(O)c(O)c(O)c3-c3c(cc(O)c(O)c3O)C(=O)O[C@@H]2[C@@H]1O)c1cc(O)c(O)c(O)c1. The number of phenolic OH excluding ortho intramolecular Hbond substituents is 12. The molecule has 22 nitrogen and oxygen atoms in total. The molecule has 2 aliphatic heterocycles. The van der Waals surface area contributed by atoms with Crippen molar-refractivity contribution in [2.24, 2.45) is 0 Å². The Bertz CT molecular complexity index is 2290. The lowest BCUT2D eigenvalue weighted by Crippen LogP contribution is -2.62. The van der Waals surface area contributed by atoms with Gasteiger partial charge in [-0.25, -0.2) is 19.2 Å². The van der Waals surface area contributed by atoms with Gasteiger partial charge in [0.05, 0.1) is 22.3 Å². The van der Waals surface area contributed by atoms with Crippen LogP contribution in [0.1, 0.15) is 41.4 Å². The maximum atomic E-state index is 13.9. The zero-order valence-corrected chi connectivity index (χ0v) is 27.5. The van der Waals surface area contributed by atoms with Gasteiger partial charge in [0, 0.05) is 11.1 Å². The van der Waals surface area contributed by atoms with E-state index in [1.54, 1.807) is 0 Å². The first-order valence-corrected chi connectivity index (χ1v) is 15.5. The molecule has 6 rings (SSSR count). The number of esters is 4. The normalized spacial score (nSPS) is 20.3. The summed E-state index contributed by atoms with van der Waals surface area (Å²) in [4.78, 5) is 53.8. The predicted molar refractivity (Wildman–Crippen MR) is 174 cm³/mol. The van der Waals surface area contributed by atoms with Crippen molar-refractivity contribution in [1.29, 1.82) is 0 Å². The molecule has 2 aliphatic rings. The third kappa shape index (κ3) is 6.45. The van der Waals surface area contributed by atoms with Gasteiger partial charge in [0.15, 0.2) is 63.6 Å². The Kier molecular flexibility index (Phi) is 9.45. The standard InChI is InChI=1S/C34H26O22/c35-12-1-8(2-13(36)21(12)41)30(48)52-7-18-25(45)28-29(34(53-18)56-31(49)9-3-14(37)22(42)15(38)4-9)55-33(51)11-6-17(40)24(44)27(47)20(11)19-10(32(50)54-28)5-16(39)23(43)26(19)46/h1-6,18,25,28-29,34-47H,7H2/t18-,25+,28+,29+,34-/m0/s1. The fourth-order valence-corrected chi connectivity index (χ4v) is 5.73. The average molecular weight is 787 g/mol. The molecule has 0 unspecified atom stereocenters. The van der Waals surface area contributed by atoms with Crippen molar-refractivity contribution in [3.05, 3.63) is 58.7 Å². The minimum absolute atomic E-state index is 0.478. The minimum atomic E-state index is -2.35. The zero-order valence-electron chi connectivity index (χ0n) is 27.5. The molecule has 13 N–H and O–H groups in total. The van der Waals surface area contributed by atoms with E-state index in [1.807, 2.05) is 0 Å². The number of carbonyl (C=O) groups excluding carboxylic acids is 4. The summed E-state index contributed by atoms with van der Waals surface area (Å²) in [5, 5.41) is 133. The molecule has 4 aromatic carbocycles. The second kappa shape index (κ2) is 13.9. The van der Waals surface area contributed by atoms with Gasteiger partial charge < -0.3 is 90.1 Å². The maximum Gasteiger partial charge on any atom is 0.340 e. The molecule has 2 heterocycles. The van der Waals surface area contributed by atoms with Crippen LogP contribution in [0.5, 0.6) is 69.0 Å². The minimum Gasteiger partial charge on any atom is -0.504 e. The van der Waals surface area contributed by atoms with Crippen molar-refractivity contribution in [3.8, 4) is 80.1 Å². The van der Waals surface area contributed by atoms with Crippen LogP contribution < -0.4 is 0 Å². The van der Waals surface area contributed by atoms with Gasteiger partial charge in [0.1, 0.15) is 18.8 Å². The van der Waals surface area contributed by atoms with Gasteiger partial charge in [-0.3, -0.25) is 0 Å². The fourth-order valence-electron chi connectivity index (χ4n) is 5.73. The number of phenols is 12. The second-order valence-electron chi connectivity index (χ2n) is 12.0. The summed E-state index contributed by atoms with van der Waals surface area (Å²) in [5.74, 6) is -19.8. The van der Waals surface area contributed by atoms with Crippen LogP contribution in [0.2, 0.25) is 0 Å². The Morgan fingerprint density at radius 3 is 1.38 bits per heavy atom. The van der Waals surface area contributed by atoms with Crippen molar-refractivity contribution in [3.63, 3.8) is 0 Å². The molecule has 0 saturated carbocycles. The van der Waals surface area contributed by atoms with Crippen molar-refractivity contribution >= 4 is 23.9 Å². The first-order valence-electron chi connectivity index (χ1n) is 15.5. The highest BCUT2D eigenvalue weighted by atomic mass is 16.7. The first-order chi connectivity index (χ1) is 26.3. The van der Waals surface area contributed by atoms with Crippen molar-refractivity contribution in [1.82, 2.24) is 0 Å². The van der Waals surface area contributed by atoms with E-state index >= 15 is 0 Å². The van der Waals surface area contributed by atoms with Gasteiger partial charge in [0.2, 0.25) is 23.9 Å². The number of ether oxygens (including phenoxy) is 5. The van der Waals surface area contributed by atoms with Crippen LogP contribution in [-0.2, 0) is 23.7 Å². The van der Waals surface area contributed by atoms with Crippen LogP contribution in [0, 0.1) is 0 Å². The maximum absolute atomic E-state index is 13.9. The Morgan fingerprint density at radius 2 is 0.929 bits per heavy atom. The molecule has 4 aromatic rings. The summed E-state index contributed by atoms with van der Waals surface area (Å²) in [6.45, 7) is -1.05. The van der Waals surface area contributed by atoms with Gasteiger partial charge in [-0.15, -0.1) is 0 Å². The molecule has 1 fully saturated rings. The van der Waals surface area contributed by atoms with Crippen LogP contribution in [-0.4, -0.2) is 128 Å². The third-order valence-electron chi connectivity index (χ3n) is 8.52. The number of hydrogen-bond acceptors (Lipinski definition) is 22. The van der Waals surface area contributed by atoms with Crippen molar-refractivity contribution < 1.29 is 109 Å². The van der Waals surface area contributed by atoms with Crippen molar-refractivity contribution in [2.75, 3.05) is 6.61 Å². The molecule has 0 radical (unpaired) electrons. The highest BCUT2D eigenvalue weighted by Crippen LogP contribution is 2.53. The van der Waals surface area contributed by atoms with Gasteiger partial charge in [0.25, 0.3) is 0 Å². The first kappa shape index (κ1) is 38.0. The quantitative estimate of drug-likeness (QED) is 0.0751. The zero-order chi connectivity index (χ0) is 41.1. The number of benzene rings is 4. The van der Waals surface area contributed by atoms with Crippen LogP contribution in [0.15, 0.2) is 36.4 Å². The van der Waals surface area contributed by atoms with Gasteiger partial charge >= 0.3 is 23.9 Å². The van der Waals surface area contributed by atoms with E-state index in [-0.39, 0.29) is 0 Å². The lowest BCUT2D eigenvalue weighted by molar-refractivity contribution is -0.283. The number of rotatable bonds is 5. The number of aliphatic hydroxyl groups excluding tert-OH is 1. The van der Waals surface area contributed by atoms with E-state index in [1.165, 1.54) is 0 Å². The fraction of sp³-hybridized carbons (Fsp3) is 0.176. The Morgan fingerprint density at radius 1 is 0.536 bits per heavy atom. The summed E-state index contributed by atoms with van der Waals surface area (Å²) in [6, 6.07) is 3.58. The Labute approximate surface area is 309 Å². The molecular formula is C34H26O22. The number of carbonyl (C=O) groups is 4. The van der Waals surface area contributed by atoms with E-state index in [4.69, 9.17) is 23.7 Å². The molecule has 294 valence electrons. The summed E-state index contributed by atoms with van der Waals surface area (Å²) >= 11 is 0. The number of fused-ring (bicyclic) bond motifs is 4. The summed E-state index contributed by atoms with van der Waals surface area (Å²) in [6.07, 6.45) is -11.1. The van der Waals surface area contributed by atoms with Crippen molar-refractivity contribution in [2.45, 2.75) is 30.7 Å². The lowest BCUT2D eigenvalue weighted by Gasteiger charge is -2.43.